The lowest BCUT2D eigenvalue weighted by Gasteiger charge is -2.29. The predicted octanol–water partition coefficient (Wildman–Crippen LogP) is 3.66. The highest BCUT2D eigenvalue weighted by molar-refractivity contribution is 7.07. The van der Waals surface area contributed by atoms with Crippen molar-refractivity contribution in [2.45, 2.75) is 26.8 Å². The Kier molecular flexibility index (Phi) is 7.73. The van der Waals surface area contributed by atoms with E-state index in [4.69, 9.17) is 21.6 Å². The summed E-state index contributed by atoms with van der Waals surface area (Å²) in [6, 6.07) is 15.7. The molecule has 1 aromatic heterocycles. The molecular weight excluding hydrogens is 496 g/mol. The summed E-state index contributed by atoms with van der Waals surface area (Å²) in [7, 11) is 0. The number of rotatable bonds is 7. The molecule has 1 aliphatic heterocycles. The van der Waals surface area contributed by atoms with Crippen LogP contribution in [0.4, 0.5) is 0 Å². The smallest absolute Gasteiger partial charge is 0.271 e. The van der Waals surface area contributed by atoms with Crippen LogP contribution in [0.1, 0.15) is 37.9 Å². The summed E-state index contributed by atoms with van der Waals surface area (Å²) in [5.74, 6) is 0.360. The van der Waals surface area contributed by atoms with Crippen LogP contribution in [-0.4, -0.2) is 35.1 Å². The standard InChI is InChI=1S/C27H25ClN4O3S/c1-4-31(5-2)26(34)23-17(3)30-27-32(24(23)18-10-12-20(28)13-11-18)25(33)22(36-27)16-19-8-6-7-9-21(19)35-15-14-29/h6-13,16,24H,4-5,15H2,1-3H3/b22-16+/t24-/m0/s1. The number of amides is 1. The van der Waals surface area contributed by atoms with Crippen LogP contribution in [-0.2, 0) is 4.79 Å². The Morgan fingerprint density at radius 2 is 1.92 bits per heavy atom. The van der Waals surface area contributed by atoms with Crippen LogP contribution in [0, 0.1) is 11.3 Å². The van der Waals surface area contributed by atoms with Gasteiger partial charge in [0.2, 0.25) is 0 Å². The molecule has 36 heavy (non-hydrogen) atoms. The number of hydrogen-bond donors (Lipinski definition) is 0. The SMILES string of the molecule is CCN(CC)C(=O)C1=C(C)N=c2s/c(=C/c3ccccc3OCC#N)c(=O)n2[C@H]1c1ccc(Cl)cc1. The molecule has 184 valence electrons. The predicted molar refractivity (Wildman–Crippen MR) is 141 cm³/mol. The highest BCUT2D eigenvalue weighted by atomic mass is 35.5. The van der Waals surface area contributed by atoms with Gasteiger partial charge in [0.15, 0.2) is 11.4 Å². The first-order chi connectivity index (χ1) is 17.4. The van der Waals surface area contributed by atoms with Crippen LogP contribution in [0.3, 0.4) is 0 Å². The average Bonchev–Trinajstić information content (AvgIpc) is 3.18. The van der Waals surface area contributed by atoms with Gasteiger partial charge in [0.1, 0.15) is 11.8 Å². The molecule has 0 saturated heterocycles. The van der Waals surface area contributed by atoms with E-state index in [1.165, 1.54) is 11.3 Å². The lowest BCUT2D eigenvalue weighted by atomic mass is 9.94. The minimum atomic E-state index is -0.640. The molecule has 1 aliphatic rings. The zero-order valence-corrected chi connectivity index (χ0v) is 21.8. The highest BCUT2D eigenvalue weighted by Gasteiger charge is 2.34. The number of benzene rings is 2. The number of allylic oxidation sites excluding steroid dienone is 1. The van der Waals surface area contributed by atoms with Crippen molar-refractivity contribution in [2.24, 2.45) is 4.99 Å². The van der Waals surface area contributed by atoms with E-state index in [2.05, 4.69) is 4.99 Å². The van der Waals surface area contributed by atoms with Crippen LogP contribution in [0.25, 0.3) is 6.08 Å². The Morgan fingerprint density at radius 3 is 2.58 bits per heavy atom. The lowest BCUT2D eigenvalue weighted by molar-refractivity contribution is -0.127. The molecule has 1 atom stereocenters. The van der Waals surface area contributed by atoms with E-state index in [1.54, 1.807) is 39.8 Å². The van der Waals surface area contributed by atoms with E-state index in [0.29, 0.717) is 50.0 Å². The normalized spacial score (nSPS) is 15.2. The first-order valence-electron chi connectivity index (χ1n) is 11.6. The van der Waals surface area contributed by atoms with Gasteiger partial charge in [-0.1, -0.05) is 53.3 Å². The molecule has 7 nitrogen and oxygen atoms in total. The van der Waals surface area contributed by atoms with Crippen molar-refractivity contribution in [2.75, 3.05) is 19.7 Å². The zero-order chi connectivity index (χ0) is 25.8. The van der Waals surface area contributed by atoms with E-state index in [0.717, 1.165) is 5.56 Å². The summed E-state index contributed by atoms with van der Waals surface area (Å²) in [5, 5.41) is 9.46. The molecule has 2 aromatic carbocycles. The molecule has 0 spiro atoms. The number of para-hydroxylation sites is 1. The highest BCUT2D eigenvalue weighted by Crippen LogP contribution is 2.32. The Balaban J connectivity index is 1.94. The third-order valence-electron chi connectivity index (χ3n) is 5.99. The van der Waals surface area contributed by atoms with Gasteiger partial charge < -0.3 is 9.64 Å². The molecule has 0 radical (unpaired) electrons. The number of hydrogen-bond acceptors (Lipinski definition) is 6. The number of fused-ring (bicyclic) bond motifs is 1. The van der Waals surface area contributed by atoms with E-state index < -0.39 is 6.04 Å². The van der Waals surface area contributed by atoms with Gasteiger partial charge in [-0.2, -0.15) is 5.26 Å². The van der Waals surface area contributed by atoms with Gasteiger partial charge >= 0.3 is 0 Å². The summed E-state index contributed by atoms with van der Waals surface area (Å²) < 4.78 is 7.56. The maximum Gasteiger partial charge on any atom is 0.271 e. The van der Waals surface area contributed by atoms with Crippen LogP contribution < -0.4 is 19.6 Å². The second kappa shape index (κ2) is 10.9. The summed E-state index contributed by atoms with van der Waals surface area (Å²) in [4.78, 5) is 34.3. The first kappa shape index (κ1) is 25.4. The summed E-state index contributed by atoms with van der Waals surface area (Å²) in [6.07, 6.45) is 1.74. The number of carbonyl (C=O) groups excluding carboxylic acids is 1. The van der Waals surface area contributed by atoms with Gasteiger partial charge in [-0.15, -0.1) is 0 Å². The number of carbonyl (C=O) groups is 1. The largest absolute Gasteiger partial charge is 0.478 e. The van der Waals surface area contributed by atoms with Crippen molar-refractivity contribution in [3.05, 3.63) is 95.6 Å². The molecule has 0 N–H and O–H groups in total. The summed E-state index contributed by atoms with van der Waals surface area (Å²) >= 11 is 7.39. The monoisotopic (exact) mass is 520 g/mol. The Hall–Kier alpha value is -3.67. The number of thiazole rings is 1. The Bertz CT molecular complexity index is 1540. The second-order valence-electron chi connectivity index (χ2n) is 8.10. The van der Waals surface area contributed by atoms with Gasteiger partial charge in [-0.25, -0.2) is 4.99 Å². The van der Waals surface area contributed by atoms with Crippen LogP contribution in [0.2, 0.25) is 5.02 Å². The molecule has 0 fully saturated rings. The maximum absolute atomic E-state index is 13.8. The molecule has 0 saturated carbocycles. The zero-order valence-electron chi connectivity index (χ0n) is 20.2. The van der Waals surface area contributed by atoms with E-state index >= 15 is 0 Å². The fourth-order valence-corrected chi connectivity index (χ4v) is 5.38. The number of nitriles is 1. The van der Waals surface area contributed by atoms with Gasteiger partial charge in [0, 0.05) is 23.7 Å². The topological polar surface area (TPSA) is 87.7 Å². The van der Waals surface area contributed by atoms with Crippen molar-refractivity contribution in [3.8, 4) is 11.8 Å². The Labute approximate surface area is 217 Å². The van der Waals surface area contributed by atoms with E-state index in [-0.39, 0.29) is 18.1 Å². The van der Waals surface area contributed by atoms with Gasteiger partial charge in [0.05, 0.1) is 21.8 Å². The summed E-state index contributed by atoms with van der Waals surface area (Å²) in [5.41, 5.74) is 2.24. The third kappa shape index (κ3) is 4.85. The van der Waals surface area contributed by atoms with Gasteiger partial charge in [-0.05, 0) is 50.6 Å². The average molecular weight is 521 g/mol. The fourth-order valence-electron chi connectivity index (χ4n) is 4.22. The van der Waals surface area contributed by atoms with E-state index in [1.807, 2.05) is 51.1 Å². The lowest BCUT2D eigenvalue weighted by Crippen LogP contribution is -2.43. The van der Waals surface area contributed by atoms with Crippen molar-refractivity contribution in [1.82, 2.24) is 9.47 Å². The third-order valence-corrected chi connectivity index (χ3v) is 7.22. The fraction of sp³-hybridized carbons (Fsp3) is 0.259. The molecule has 2 heterocycles. The number of ether oxygens (including phenoxy) is 1. The van der Waals surface area contributed by atoms with Crippen molar-refractivity contribution in [1.29, 1.82) is 5.26 Å². The van der Waals surface area contributed by atoms with Gasteiger partial charge in [0.25, 0.3) is 11.5 Å². The van der Waals surface area contributed by atoms with Crippen molar-refractivity contribution >= 4 is 34.9 Å². The maximum atomic E-state index is 13.8. The molecule has 1 amide bonds. The van der Waals surface area contributed by atoms with E-state index in [9.17, 15) is 9.59 Å². The molecule has 0 aliphatic carbocycles. The minimum absolute atomic E-state index is 0.0985. The number of nitrogens with zero attached hydrogens (tertiary/aromatic N) is 4. The molecule has 9 heteroatoms. The molecule has 4 rings (SSSR count). The molecular formula is C27H25ClN4O3S. The quantitative estimate of drug-likeness (QED) is 0.475. The number of aromatic nitrogens is 1. The Morgan fingerprint density at radius 1 is 1.22 bits per heavy atom. The number of halogens is 1. The van der Waals surface area contributed by atoms with Crippen LogP contribution in [0.15, 0.2) is 69.6 Å². The molecule has 0 bridgehead atoms. The van der Waals surface area contributed by atoms with Crippen LogP contribution >= 0.6 is 22.9 Å². The van der Waals surface area contributed by atoms with Gasteiger partial charge in [-0.3, -0.25) is 14.2 Å². The molecule has 0 unspecified atom stereocenters. The van der Waals surface area contributed by atoms with Crippen LogP contribution in [0.5, 0.6) is 5.75 Å². The van der Waals surface area contributed by atoms with Crippen molar-refractivity contribution in [3.63, 3.8) is 0 Å². The number of likely N-dealkylation sites (N-methyl/N-ethyl adjacent to an activating group) is 1. The molecule has 3 aromatic rings. The summed E-state index contributed by atoms with van der Waals surface area (Å²) in [6.45, 7) is 6.65. The minimum Gasteiger partial charge on any atom is -0.478 e. The van der Waals surface area contributed by atoms with Crippen molar-refractivity contribution < 1.29 is 9.53 Å². The first-order valence-corrected chi connectivity index (χ1v) is 12.7. The second-order valence-corrected chi connectivity index (χ2v) is 9.54.